The molecule has 5 heteroatoms. The summed E-state index contributed by atoms with van der Waals surface area (Å²) in [6, 6.07) is 6.23. The van der Waals surface area contributed by atoms with Gasteiger partial charge in [-0.15, -0.1) is 0 Å². The van der Waals surface area contributed by atoms with Gasteiger partial charge in [0.05, 0.1) is 5.69 Å². The molecule has 1 heterocycles. The highest BCUT2D eigenvalue weighted by molar-refractivity contribution is 9.10. The largest absolute Gasteiger partial charge is 0.293 e. The van der Waals surface area contributed by atoms with E-state index in [1.54, 1.807) is 18.2 Å². The van der Waals surface area contributed by atoms with Crippen molar-refractivity contribution in [2.45, 2.75) is 18.8 Å². The van der Waals surface area contributed by atoms with Gasteiger partial charge in [0, 0.05) is 5.92 Å². The maximum Gasteiger partial charge on any atom is 0.285 e. The van der Waals surface area contributed by atoms with Crippen molar-refractivity contribution in [3.8, 4) is 5.69 Å². The third-order valence-electron chi connectivity index (χ3n) is 2.94. The minimum Gasteiger partial charge on any atom is -0.293 e. The molecule has 2 aromatic rings. The molecule has 0 radical (unpaired) electrons. The first-order valence-electron chi connectivity index (χ1n) is 5.44. The van der Waals surface area contributed by atoms with E-state index in [0.29, 0.717) is 10.4 Å². The number of aromatic nitrogens is 2. The summed E-state index contributed by atoms with van der Waals surface area (Å²) in [4.78, 5) is 12.0. The number of hydrogen-bond acceptors (Lipinski definition) is 1. The van der Waals surface area contributed by atoms with E-state index in [9.17, 15) is 9.18 Å². The normalized spacial score (nSPS) is 15.2. The Hall–Kier alpha value is -1.36. The van der Waals surface area contributed by atoms with Crippen LogP contribution in [0.5, 0.6) is 0 Å². The zero-order valence-corrected chi connectivity index (χ0v) is 10.5. The summed E-state index contributed by atoms with van der Waals surface area (Å²) >= 11 is 3.28. The van der Waals surface area contributed by atoms with Crippen LogP contribution < -0.4 is 5.56 Å². The Kier molecular flexibility index (Phi) is 2.43. The first-order chi connectivity index (χ1) is 8.18. The number of halogens is 2. The summed E-state index contributed by atoms with van der Waals surface area (Å²) in [5, 5.41) is 2.99. The predicted octanol–water partition coefficient (Wildman–Crippen LogP) is 2.94. The fraction of sp³-hybridized carbons (Fsp3) is 0.250. The molecule has 1 aliphatic carbocycles. The highest BCUT2D eigenvalue weighted by atomic mass is 79.9. The number of nitrogens with one attached hydrogen (secondary N) is 1. The summed E-state index contributed by atoms with van der Waals surface area (Å²) in [7, 11) is 0. The number of para-hydroxylation sites is 1. The highest BCUT2D eigenvalue weighted by Crippen LogP contribution is 2.41. The second-order valence-electron chi connectivity index (χ2n) is 4.21. The lowest BCUT2D eigenvalue weighted by Gasteiger charge is -2.02. The van der Waals surface area contributed by atoms with Crippen LogP contribution in [0, 0.1) is 5.82 Å². The van der Waals surface area contributed by atoms with E-state index in [2.05, 4.69) is 21.0 Å². The minimum absolute atomic E-state index is 0.239. The molecular weight excluding hydrogens is 287 g/mol. The highest BCUT2D eigenvalue weighted by Gasteiger charge is 2.29. The fourth-order valence-electron chi connectivity index (χ4n) is 1.88. The van der Waals surface area contributed by atoms with Crippen molar-refractivity contribution >= 4 is 15.9 Å². The van der Waals surface area contributed by atoms with Crippen molar-refractivity contribution in [3.63, 3.8) is 0 Å². The molecule has 1 saturated carbocycles. The molecule has 0 saturated heterocycles. The van der Waals surface area contributed by atoms with E-state index >= 15 is 0 Å². The average molecular weight is 297 g/mol. The second kappa shape index (κ2) is 3.84. The molecule has 0 amide bonds. The van der Waals surface area contributed by atoms with Crippen LogP contribution in [0.1, 0.15) is 24.5 Å². The minimum atomic E-state index is -0.411. The van der Waals surface area contributed by atoms with Crippen LogP contribution in [0.4, 0.5) is 4.39 Å². The summed E-state index contributed by atoms with van der Waals surface area (Å²) < 4.78 is 15.4. The molecule has 1 fully saturated rings. The first kappa shape index (κ1) is 10.8. The van der Waals surface area contributed by atoms with Crippen LogP contribution in [0.15, 0.2) is 33.5 Å². The standard InChI is InChI=1S/C12H10BrFN2O/c13-10-11(7-5-6-7)15-16(12(10)17)9-4-2-1-3-8(9)14/h1-4,7,15H,5-6H2. The monoisotopic (exact) mass is 296 g/mol. The van der Waals surface area contributed by atoms with E-state index in [4.69, 9.17) is 0 Å². The quantitative estimate of drug-likeness (QED) is 0.909. The van der Waals surface area contributed by atoms with Gasteiger partial charge < -0.3 is 0 Å². The third kappa shape index (κ3) is 1.74. The van der Waals surface area contributed by atoms with E-state index in [1.165, 1.54) is 10.7 Å². The van der Waals surface area contributed by atoms with Gasteiger partial charge in [-0.2, -0.15) is 0 Å². The Bertz CT molecular complexity index is 628. The fourth-order valence-corrected chi connectivity index (χ4v) is 2.47. The Balaban J connectivity index is 2.18. The molecule has 3 rings (SSSR count). The summed E-state index contributed by atoms with van der Waals surface area (Å²) in [6.07, 6.45) is 2.16. The van der Waals surface area contributed by atoms with Gasteiger partial charge in [0.15, 0.2) is 0 Å². The predicted molar refractivity (Wildman–Crippen MR) is 66.0 cm³/mol. The van der Waals surface area contributed by atoms with Crippen molar-refractivity contribution in [1.29, 1.82) is 0 Å². The van der Waals surface area contributed by atoms with Crippen LogP contribution in [0.3, 0.4) is 0 Å². The summed E-state index contributed by atoms with van der Waals surface area (Å²) in [5.74, 6) is -0.00389. The van der Waals surface area contributed by atoms with Crippen molar-refractivity contribution in [2.24, 2.45) is 0 Å². The van der Waals surface area contributed by atoms with Crippen LogP contribution in [0.2, 0.25) is 0 Å². The van der Waals surface area contributed by atoms with Crippen molar-refractivity contribution in [2.75, 3.05) is 0 Å². The number of hydrogen-bond donors (Lipinski definition) is 1. The molecule has 1 aliphatic rings. The van der Waals surface area contributed by atoms with Crippen LogP contribution in [-0.2, 0) is 0 Å². The molecule has 1 aromatic carbocycles. The van der Waals surface area contributed by atoms with Gasteiger partial charge in [-0.25, -0.2) is 9.07 Å². The number of aromatic amines is 1. The van der Waals surface area contributed by atoms with Crippen molar-refractivity contribution < 1.29 is 4.39 Å². The van der Waals surface area contributed by atoms with E-state index < -0.39 is 5.82 Å². The molecule has 0 unspecified atom stereocenters. The molecule has 0 bridgehead atoms. The SMILES string of the molecule is O=c1c(Br)c(C2CC2)[nH]n1-c1ccccc1F. The van der Waals surface area contributed by atoms with Gasteiger partial charge in [0.1, 0.15) is 16.0 Å². The first-order valence-corrected chi connectivity index (χ1v) is 6.23. The van der Waals surface area contributed by atoms with E-state index in [-0.39, 0.29) is 11.2 Å². The van der Waals surface area contributed by atoms with Crippen LogP contribution >= 0.6 is 15.9 Å². The summed E-state index contributed by atoms with van der Waals surface area (Å²) in [5.41, 5.74) is 0.889. The Morgan fingerprint density at radius 1 is 1.35 bits per heavy atom. The van der Waals surface area contributed by atoms with Gasteiger partial charge in [-0.05, 0) is 40.9 Å². The molecule has 3 nitrogen and oxygen atoms in total. The number of H-pyrrole nitrogens is 1. The van der Waals surface area contributed by atoms with Crippen LogP contribution in [0.25, 0.3) is 5.69 Å². The zero-order valence-electron chi connectivity index (χ0n) is 8.91. The van der Waals surface area contributed by atoms with Crippen LogP contribution in [-0.4, -0.2) is 9.78 Å². The molecule has 0 spiro atoms. The average Bonchev–Trinajstić information content (AvgIpc) is 3.11. The van der Waals surface area contributed by atoms with E-state index in [0.717, 1.165) is 18.5 Å². The molecular formula is C12H10BrFN2O. The Morgan fingerprint density at radius 3 is 2.71 bits per heavy atom. The van der Waals surface area contributed by atoms with Gasteiger partial charge in [0.2, 0.25) is 0 Å². The molecule has 0 atom stereocenters. The van der Waals surface area contributed by atoms with Gasteiger partial charge in [0.25, 0.3) is 5.56 Å². The van der Waals surface area contributed by atoms with E-state index in [1.807, 2.05) is 0 Å². The Morgan fingerprint density at radius 2 is 2.06 bits per heavy atom. The topological polar surface area (TPSA) is 37.8 Å². The smallest absolute Gasteiger partial charge is 0.285 e. The molecule has 1 N–H and O–H groups in total. The number of rotatable bonds is 2. The lowest BCUT2D eigenvalue weighted by molar-refractivity contribution is 0.607. The number of benzene rings is 1. The zero-order chi connectivity index (χ0) is 12.0. The maximum atomic E-state index is 13.6. The van der Waals surface area contributed by atoms with Crippen molar-refractivity contribution in [1.82, 2.24) is 9.78 Å². The third-order valence-corrected chi connectivity index (χ3v) is 3.70. The molecule has 17 heavy (non-hydrogen) atoms. The van der Waals surface area contributed by atoms with Gasteiger partial charge in [-0.1, -0.05) is 12.1 Å². The van der Waals surface area contributed by atoms with Gasteiger partial charge in [-0.3, -0.25) is 9.89 Å². The Labute approximate surface area is 105 Å². The second-order valence-corrected chi connectivity index (χ2v) is 5.00. The maximum absolute atomic E-state index is 13.6. The molecule has 0 aliphatic heterocycles. The van der Waals surface area contributed by atoms with Crippen molar-refractivity contribution in [3.05, 3.63) is 50.6 Å². The summed E-state index contributed by atoms with van der Waals surface area (Å²) in [6.45, 7) is 0. The lowest BCUT2D eigenvalue weighted by atomic mass is 10.3. The number of nitrogens with zero attached hydrogens (tertiary/aromatic N) is 1. The lowest BCUT2D eigenvalue weighted by Crippen LogP contribution is -2.15. The van der Waals surface area contributed by atoms with Gasteiger partial charge >= 0.3 is 0 Å². The molecule has 1 aromatic heterocycles. The molecule has 88 valence electrons.